The number of benzene rings is 1. The predicted octanol–water partition coefficient (Wildman–Crippen LogP) is 2.17. The van der Waals surface area contributed by atoms with Gasteiger partial charge in [-0.15, -0.1) is 0 Å². The second kappa shape index (κ2) is 7.51. The van der Waals surface area contributed by atoms with Gasteiger partial charge >= 0.3 is 0 Å². The minimum atomic E-state index is 0.828. The molecule has 1 heterocycles. The van der Waals surface area contributed by atoms with Gasteiger partial charge in [-0.1, -0.05) is 12.1 Å². The highest BCUT2D eigenvalue weighted by molar-refractivity contribution is 5.27. The highest BCUT2D eigenvalue weighted by Crippen LogP contribution is 2.17. The van der Waals surface area contributed by atoms with Crippen molar-refractivity contribution in [3.05, 3.63) is 29.8 Å². The molecule has 1 fully saturated rings. The molecule has 1 atom stereocenters. The molecule has 0 bridgehead atoms. The predicted molar refractivity (Wildman–Crippen MR) is 79.8 cm³/mol. The molecule has 1 N–H and O–H groups in total. The lowest BCUT2D eigenvalue weighted by molar-refractivity contribution is 0.175. The van der Waals surface area contributed by atoms with Crippen molar-refractivity contribution in [1.29, 1.82) is 0 Å². The number of ether oxygens (including phenoxy) is 1. The van der Waals surface area contributed by atoms with Crippen LogP contribution in [0.5, 0.6) is 5.75 Å². The van der Waals surface area contributed by atoms with Crippen LogP contribution in [-0.4, -0.2) is 45.2 Å². The largest absolute Gasteiger partial charge is 0.497 e. The first-order valence-corrected chi connectivity index (χ1v) is 7.31. The molecule has 1 aliphatic rings. The molecule has 1 aromatic rings. The van der Waals surface area contributed by atoms with E-state index in [1.54, 1.807) is 7.11 Å². The zero-order valence-electron chi connectivity index (χ0n) is 12.2. The van der Waals surface area contributed by atoms with Crippen molar-refractivity contribution in [3.8, 4) is 5.75 Å². The molecule has 1 saturated heterocycles. The summed E-state index contributed by atoms with van der Waals surface area (Å²) in [5, 5.41) is 3.30. The Bertz CT molecular complexity index is 362. The molecule has 0 radical (unpaired) electrons. The maximum absolute atomic E-state index is 5.19. The van der Waals surface area contributed by atoms with Gasteiger partial charge in [0.25, 0.3) is 0 Å². The van der Waals surface area contributed by atoms with Crippen molar-refractivity contribution in [2.75, 3.05) is 40.3 Å². The molecule has 3 nitrogen and oxygen atoms in total. The number of methoxy groups -OCH3 is 1. The van der Waals surface area contributed by atoms with Gasteiger partial charge in [-0.05, 0) is 63.0 Å². The Kier molecular flexibility index (Phi) is 5.67. The van der Waals surface area contributed by atoms with Crippen LogP contribution >= 0.6 is 0 Å². The molecule has 0 saturated carbocycles. The van der Waals surface area contributed by atoms with Crippen molar-refractivity contribution in [3.63, 3.8) is 0 Å². The van der Waals surface area contributed by atoms with Gasteiger partial charge in [0.1, 0.15) is 5.75 Å². The topological polar surface area (TPSA) is 24.5 Å². The first-order valence-electron chi connectivity index (χ1n) is 7.31. The fraction of sp³-hybridized carbons (Fsp3) is 0.625. The summed E-state index contributed by atoms with van der Waals surface area (Å²) in [7, 11) is 3.76. The highest BCUT2D eigenvalue weighted by atomic mass is 16.5. The van der Waals surface area contributed by atoms with Crippen molar-refractivity contribution in [2.45, 2.75) is 19.3 Å². The van der Waals surface area contributed by atoms with Crippen LogP contribution in [0.4, 0.5) is 0 Å². The van der Waals surface area contributed by atoms with Crippen LogP contribution in [0.3, 0.4) is 0 Å². The van der Waals surface area contributed by atoms with E-state index in [4.69, 9.17) is 4.74 Å². The van der Waals surface area contributed by atoms with E-state index in [-0.39, 0.29) is 0 Å². The number of nitrogens with zero attached hydrogens (tertiary/aromatic N) is 1. The van der Waals surface area contributed by atoms with Gasteiger partial charge in [0.15, 0.2) is 0 Å². The average Bonchev–Trinajstić information content (AvgIpc) is 2.46. The van der Waals surface area contributed by atoms with Gasteiger partial charge < -0.3 is 15.0 Å². The lowest BCUT2D eigenvalue weighted by Crippen LogP contribution is -2.39. The summed E-state index contributed by atoms with van der Waals surface area (Å²) in [5.41, 5.74) is 1.40. The van der Waals surface area contributed by atoms with Gasteiger partial charge in [0.05, 0.1) is 7.11 Å². The van der Waals surface area contributed by atoms with E-state index < -0.39 is 0 Å². The van der Waals surface area contributed by atoms with E-state index in [9.17, 15) is 0 Å². The van der Waals surface area contributed by atoms with Crippen LogP contribution in [-0.2, 0) is 6.42 Å². The minimum Gasteiger partial charge on any atom is -0.497 e. The van der Waals surface area contributed by atoms with Crippen LogP contribution in [0, 0.1) is 5.92 Å². The van der Waals surface area contributed by atoms with E-state index in [2.05, 4.69) is 41.5 Å². The van der Waals surface area contributed by atoms with Crippen molar-refractivity contribution >= 4 is 0 Å². The molecule has 19 heavy (non-hydrogen) atoms. The first kappa shape index (κ1) is 14.4. The number of likely N-dealkylation sites (tertiary alicyclic amines) is 1. The van der Waals surface area contributed by atoms with Crippen LogP contribution < -0.4 is 10.1 Å². The molecule has 0 aromatic heterocycles. The van der Waals surface area contributed by atoms with E-state index >= 15 is 0 Å². The van der Waals surface area contributed by atoms with Crippen molar-refractivity contribution in [2.24, 2.45) is 5.92 Å². The summed E-state index contributed by atoms with van der Waals surface area (Å²) >= 11 is 0. The van der Waals surface area contributed by atoms with Crippen LogP contribution in [0.2, 0.25) is 0 Å². The molecule has 1 aromatic carbocycles. The quantitative estimate of drug-likeness (QED) is 0.850. The standard InChI is InChI=1S/C16H26N2O/c1-17-12-15-4-3-10-18(13-15)11-9-14-5-7-16(19-2)8-6-14/h5-8,15,17H,3-4,9-13H2,1-2H3. The number of piperidine rings is 1. The van der Waals surface area contributed by atoms with Crippen molar-refractivity contribution < 1.29 is 4.74 Å². The van der Waals surface area contributed by atoms with Gasteiger partial charge in [0.2, 0.25) is 0 Å². The molecule has 2 rings (SSSR count). The third-order valence-corrected chi connectivity index (χ3v) is 3.97. The Morgan fingerprint density at radius 3 is 2.79 bits per heavy atom. The molecular weight excluding hydrogens is 236 g/mol. The van der Waals surface area contributed by atoms with E-state index in [1.807, 2.05) is 0 Å². The maximum atomic E-state index is 5.19. The van der Waals surface area contributed by atoms with Gasteiger partial charge in [-0.3, -0.25) is 0 Å². The monoisotopic (exact) mass is 262 g/mol. The first-order chi connectivity index (χ1) is 9.31. The summed E-state index contributed by atoms with van der Waals surface area (Å²) in [5.74, 6) is 1.77. The average molecular weight is 262 g/mol. The third-order valence-electron chi connectivity index (χ3n) is 3.97. The second-order valence-electron chi connectivity index (χ2n) is 5.46. The SMILES string of the molecule is CNCC1CCCN(CCc2ccc(OC)cc2)C1. The Morgan fingerprint density at radius 1 is 1.32 bits per heavy atom. The van der Waals surface area contributed by atoms with Crippen LogP contribution in [0.15, 0.2) is 24.3 Å². The van der Waals surface area contributed by atoms with Crippen LogP contribution in [0.25, 0.3) is 0 Å². The number of hydrogen-bond donors (Lipinski definition) is 1. The van der Waals surface area contributed by atoms with Gasteiger partial charge in [-0.25, -0.2) is 0 Å². The smallest absolute Gasteiger partial charge is 0.118 e. The van der Waals surface area contributed by atoms with Crippen LogP contribution in [0.1, 0.15) is 18.4 Å². The Morgan fingerprint density at radius 2 is 2.11 bits per heavy atom. The Labute approximate surface area is 116 Å². The Hall–Kier alpha value is -1.06. The second-order valence-corrected chi connectivity index (χ2v) is 5.46. The zero-order chi connectivity index (χ0) is 13.5. The fourth-order valence-corrected chi connectivity index (χ4v) is 2.89. The molecule has 1 unspecified atom stereocenters. The molecule has 106 valence electrons. The number of hydrogen-bond acceptors (Lipinski definition) is 3. The van der Waals surface area contributed by atoms with E-state index in [0.29, 0.717) is 0 Å². The van der Waals surface area contributed by atoms with E-state index in [1.165, 1.54) is 38.0 Å². The van der Waals surface area contributed by atoms with Gasteiger partial charge in [0, 0.05) is 13.1 Å². The molecule has 1 aliphatic heterocycles. The van der Waals surface area contributed by atoms with E-state index in [0.717, 1.165) is 24.6 Å². The Balaban J connectivity index is 1.77. The zero-order valence-corrected chi connectivity index (χ0v) is 12.2. The molecule has 3 heteroatoms. The molecule has 0 amide bonds. The molecule has 0 aliphatic carbocycles. The van der Waals surface area contributed by atoms with Crippen molar-refractivity contribution in [1.82, 2.24) is 10.2 Å². The normalized spacial score (nSPS) is 20.4. The summed E-state index contributed by atoms with van der Waals surface area (Å²) in [6.45, 7) is 4.83. The van der Waals surface area contributed by atoms with Gasteiger partial charge in [-0.2, -0.15) is 0 Å². The molecule has 0 spiro atoms. The summed E-state index contributed by atoms with van der Waals surface area (Å²) in [6, 6.07) is 8.45. The summed E-state index contributed by atoms with van der Waals surface area (Å²) in [4.78, 5) is 2.61. The summed E-state index contributed by atoms with van der Waals surface area (Å²) < 4.78 is 5.19. The lowest BCUT2D eigenvalue weighted by atomic mass is 9.97. The number of nitrogens with one attached hydrogen (secondary N) is 1. The minimum absolute atomic E-state index is 0.828. The third kappa shape index (κ3) is 4.51. The number of rotatable bonds is 6. The molecular formula is C16H26N2O. The summed E-state index contributed by atoms with van der Waals surface area (Å²) in [6.07, 6.45) is 3.85. The lowest BCUT2D eigenvalue weighted by Gasteiger charge is -2.32. The fourth-order valence-electron chi connectivity index (χ4n) is 2.89. The highest BCUT2D eigenvalue weighted by Gasteiger charge is 2.18. The maximum Gasteiger partial charge on any atom is 0.118 e.